The minimum Gasteiger partial charge on any atom is -0.381 e. The van der Waals surface area contributed by atoms with Crippen LogP contribution in [-0.2, 0) is 14.2 Å². The SMILES string of the molecule is CCCNC(COCCOC(C)C)C1CCOC1. The highest BCUT2D eigenvalue weighted by Gasteiger charge is 2.25. The zero-order chi connectivity index (χ0) is 13.2. The topological polar surface area (TPSA) is 39.7 Å². The van der Waals surface area contributed by atoms with Crippen molar-refractivity contribution in [3.63, 3.8) is 0 Å². The third-order valence-corrected chi connectivity index (χ3v) is 3.17. The summed E-state index contributed by atoms with van der Waals surface area (Å²) >= 11 is 0. The summed E-state index contributed by atoms with van der Waals surface area (Å²) in [5.41, 5.74) is 0. The predicted octanol–water partition coefficient (Wildman–Crippen LogP) is 1.83. The summed E-state index contributed by atoms with van der Waals surface area (Å²) in [7, 11) is 0. The first-order valence-electron chi connectivity index (χ1n) is 7.24. The standard InChI is InChI=1S/C14H29NO3/c1-4-6-15-14(13-5-7-16-10-13)11-17-8-9-18-12(2)3/h12-15H,4-11H2,1-3H3. The summed E-state index contributed by atoms with van der Waals surface area (Å²) in [6.45, 7) is 11.2. The number of rotatable bonds is 10. The van der Waals surface area contributed by atoms with Gasteiger partial charge in [-0.25, -0.2) is 0 Å². The Morgan fingerprint density at radius 2 is 2.17 bits per heavy atom. The monoisotopic (exact) mass is 259 g/mol. The minimum absolute atomic E-state index is 0.283. The zero-order valence-electron chi connectivity index (χ0n) is 12.1. The Hall–Kier alpha value is -0.160. The number of hydrogen-bond donors (Lipinski definition) is 1. The van der Waals surface area contributed by atoms with Crippen molar-refractivity contribution in [2.75, 3.05) is 39.6 Å². The molecule has 0 saturated carbocycles. The highest BCUT2D eigenvalue weighted by molar-refractivity contribution is 4.79. The molecule has 1 heterocycles. The molecule has 2 atom stereocenters. The largest absolute Gasteiger partial charge is 0.381 e. The van der Waals surface area contributed by atoms with Crippen LogP contribution in [-0.4, -0.2) is 51.7 Å². The summed E-state index contributed by atoms with van der Waals surface area (Å²) in [6, 6.07) is 0.423. The van der Waals surface area contributed by atoms with Gasteiger partial charge in [-0.2, -0.15) is 0 Å². The van der Waals surface area contributed by atoms with Crippen LogP contribution in [0.5, 0.6) is 0 Å². The molecular formula is C14H29NO3. The quantitative estimate of drug-likeness (QED) is 0.608. The van der Waals surface area contributed by atoms with Crippen molar-refractivity contribution < 1.29 is 14.2 Å². The van der Waals surface area contributed by atoms with E-state index in [1.807, 2.05) is 13.8 Å². The van der Waals surface area contributed by atoms with E-state index in [-0.39, 0.29) is 6.10 Å². The number of hydrogen-bond acceptors (Lipinski definition) is 4. The molecule has 108 valence electrons. The van der Waals surface area contributed by atoms with E-state index in [1.165, 1.54) is 0 Å². The highest BCUT2D eigenvalue weighted by atomic mass is 16.5. The second kappa shape index (κ2) is 9.73. The van der Waals surface area contributed by atoms with E-state index in [0.29, 0.717) is 25.2 Å². The lowest BCUT2D eigenvalue weighted by Crippen LogP contribution is -2.41. The van der Waals surface area contributed by atoms with E-state index in [2.05, 4.69) is 12.2 Å². The molecule has 1 saturated heterocycles. The lowest BCUT2D eigenvalue weighted by atomic mass is 9.99. The van der Waals surface area contributed by atoms with E-state index in [1.54, 1.807) is 0 Å². The molecule has 0 spiro atoms. The molecule has 18 heavy (non-hydrogen) atoms. The van der Waals surface area contributed by atoms with Crippen molar-refractivity contribution in [3.05, 3.63) is 0 Å². The number of ether oxygens (including phenoxy) is 3. The molecule has 4 heteroatoms. The van der Waals surface area contributed by atoms with Gasteiger partial charge in [-0.1, -0.05) is 6.92 Å². The van der Waals surface area contributed by atoms with E-state index < -0.39 is 0 Å². The van der Waals surface area contributed by atoms with E-state index in [0.717, 1.165) is 39.2 Å². The molecule has 1 aliphatic heterocycles. The van der Waals surface area contributed by atoms with E-state index >= 15 is 0 Å². The van der Waals surface area contributed by atoms with Crippen molar-refractivity contribution in [2.24, 2.45) is 5.92 Å². The summed E-state index contributed by atoms with van der Waals surface area (Å²) in [4.78, 5) is 0. The fraction of sp³-hybridized carbons (Fsp3) is 1.00. The van der Waals surface area contributed by atoms with Gasteiger partial charge in [-0.3, -0.25) is 0 Å². The van der Waals surface area contributed by atoms with Gasteiger partial charge >= 0.3 is 0 Å². The average Bonchev–Trinajstić information content (AvgIpc) is 2.86. The lowest BCUT2D eigenvalue weighted by molar-refractivity contribution is 0.00875. The molecule has 1 N–H and O–H groups in total. The Morgan fingerprint density at radius 3 is 2.78 bits per heavy atom. The molecule has 1 fully saturated rings. The van der Waals surface area contributed by atoms with Crippen molar-refractivity contribution >= 4 is 0 Å². The molecule has 2 unspecified atom stereocenters. The maximum atomic E-state index is 5.71. The van der Waals surface area contributed by atoms with Crippen LogP contribution in [0.15, 0.2) is 0 Å². The van der Waals surface area contributed by atoms with Gasteiger partial charge in [0.15, 0.2) is 0 Å². The van der Waals surface area contributed by atoms with E-state index in [4.69, 9.17) is 14.2 Å². The van der Waals surface area contributed by atoms with Crippen LogP contribution in [0.2, 0.25) is 0 Å². The molecule has 4 nitrogen and oxygen atoms in total. The fourth-order valence-electron chi connectivity index (χ4n) is 2.11. The van der Waals surface area contributed by atoms with Crippen LogP contribution in [0.3, 0.4) is 0 Å². The van der Waals surface area contributed by atoms with Gasteiger partial charge in [-0.05, 0) is 33.2 Å². The highest BCUT2D eigenvalue weighted by Crippen LogP contribution is 2.17. The van der Waals surface area contributed by atoms with Crippen LogP contribution >= 0.6 is 0 Å². The van der Waals surface area contributed by atoms with Gasteiger partial charge < -0.3 is 19.5 Å². The molecule has 0 bridgehead atoms. The Kier molecular flexibility index (Phi) is 8.59. The summed E-state index contributed by atoms with van der Waals surface area (Å²) < 4.78 is 16.6. The van der Waals surface area contributed by atoms with Gasteiger partial charge in [0, 0.05) is 18.6 Å². The van der Waals surface area contributed by atoms with Crippen LogP contribution in [0.1, 0.15) is 33.6 Å². The molecule has 0 aromatic carbocycles. The Morgan fingerprint density at radius 1 is 1.33 bits per heavy atom. The van der Waals surface area contributed by atoms with Crippen LogP contribution in [0, 0.1) is 5.92 Å². The summed E-state index contributed by atoms with van der Waals surface area (Å²) in [6.07, 6.45) is 2.58. The smallest absolute Gasteiger partial charge is 0.0703 e. The maximum Gasteiger partial charge on any atom is 0.0703 e. The van der Waals surface area contributed by atoms with Crippen LogP contribution < -0.4 is 5.32 Å². The van der Waals surface area contributed by atoms with Gasteiger partial charge in [0.05, 0.1) is 32.5 Å². The molecule has 0 aromatic rings. The van der Waals surface area contributed by atoms with Crippen molar-refractivity contribution in [1.29, 1.82) is 0 Å². The van der Waals surface area contributed by atoms with Gasteiger partial charge in [-0.15, -0.1) is 0 Å². The Bertz CT molecular complexity index is 193. The second-order valence-electron chi connectivity index (χ2n) is 5.18. The third-order valence-electron chi connectivity index (χ3n) is 3.17. The van der Waals surface area contributed by atoms with E-state index in [9.17, 15) is 0 Å². The van der Waals surface area contributed by atoms with Crippen LogP contribution in [0.4, 0.5) is 0 Å². The van der Waals surface area contributed by atoms with Crippen molar-refractivity contribution in [1.82, 2.24) is 5.32 Å². The zero-order valence-corrected chi connectivity index (χ0v) is 12.1. The molecule has 0 aliphatic carbocycles. The molecule has 0 radical (unpaired) electrons. The molecule has 1 rings (SSSR count). The normalized spacial score (nSPS) is 21.7. The first-order valence-corrected chi connectivity index (χ1v) is 7.24. The van der Waals surface area contributed by atoms with Gasteiger partial charge in [0.2, 0.25) is 0 Å². The van der Waals surface area contributed by atoms with Crippen LogP contribution in [0.25, 0.3) is 0 Å². The summed E-state index contributed by atoms with van der Waals surface area (Å²) in [5, 5.41) is 3.57. The first-order chi connectivity index (χ1) is 8.74. The third kappa shape index (κ3) is 6.69. The Labute approximate surface area is 111 Å². The molecule has 0 aromatic heterocycles. The predicted molar refractivity (Wildman–Crippen MR) is 72.9 cm³/mol. The molecule has 1 aliphatic rings. The maximum absolute atomic E-state index is 5.71. The first kappa shape index (κ1) is 15.9. The fourth-order valence-corrected chi connectivity index (χ4v) is 2.11. The van der Waals surface area contributed by atoms with Crippen molar-refractivity contribution in [2.45, 2.75) is 45.8 Å². The molecular weight excluding hydrogens is 230 g/mol. The average molecular weight is 259 g/mol. The number of nitrogens with one attached hydrogen (secondary N) is 1. The summed E-state index contributed by atoms with van der Waals surface area (Å²) in [5.74, 6) is 0.600. The van der Waals surface area contributed by atoms with Crippen molar-refractivity contribution in [3.8, 4) is 0 Å². The van der Waals surface area contributed by atoms with Gasteiger partial charge in [0.25, 0.3) is 0 Å². The Balaban J connectivity index is 2.14. The second-order valence-corrected chi connectivity index (χ2v) is 5.18. The van der Waals surface area contributed by atoms with Gasteiger partial charge in [0.1, 0.15) is 0 Å². The minimum atomic E-state index is 0.283. The lowest BCUT2D eigenvalue weighted by Gasteiger charge is -2.23. The molecule has 0 amide bonds.